The third kappa shape index (κ3) is 4.23. The number of aliphatic carboxylic acids is 2. The van der Waals surface area contributed by atoms with Gasteiger partial charge in [-0.1, -0.05) is 30.8 Å². The van der Waals surface area contributed by atoms with Crippen LogP contribution in [-0.4, -0.2) is 45.3 Å². The van der Waals surface area contributed by atoms with E-state index in [4.69, 9.17) is 10.2 Å². The first kappa shape index (κ1) is 19.2. The predicted octanol–water partition coefficient (Wildman–Crippen LogP) is 4.11. The van der Waals surface area contributed by atoms with Gasteiger partial charge >= 0.3 is 11.9 Å². The highest BCUT2D eigenvalue weighted by Crippen LogP contribution is 2.45. The van der Waals surface area contributed by atoms with Crippen LogP contribution in [0.15, 0.2) is 51.7 Å². The molecule has 2 N–H and O–H groups in total. The lowest BCUT2D eigenvalue weighted by atomic mass is 10.1. The molecule has 0 aliphatic carbocycles. The van der Waals surface area contributed by atoms with Gasteiger partial charge in [-0.15, -0.1) is 11.3 Å². The minimum absolute atomic E-state index is 0.558. The van der Waals surface area contributed by atoms with Gasteiger partial charge in [-0.25, -0.2) is 9.59 Å². The zero-order valence-corrected chi connectivity index (χ0v) is 16.2. The molecule has 0 unspecified atom stereocenters. The van der Waals surface area contributed by atoms with E-state index in [9.17, 15) is 9.59 Å². The number of fused-ring (bicyclic) bond motifs is 2. The molecule has 4 rings (SSSR count). The van der Waals surface area contributed by atoms with E-state index in [2.05, 4.69) is 46.5 Å². The number of amidine groups is 1. The van der Waals surface area contributed by atoms with E-state index < -0.39 is 11.9 Å². The average Bonchev–Trinajstić information content (AvgIpc) is 3.35. The Morgan fingerprint density at radius 1 is 1.22 bits per heavy atom. The number of nitrogens with zero attached hydrogens (tertiary/aromatic N) is 2. The highest BCUT2D eigenvalue weighted by atomic mass is 32.2. The molecule has 0 radical (unpaired) electrons. The zero-order valence-electron chi connectivity index (χ0n) is 14.6. The second kappa shape index (κ2) is 8.41. The molecule has 2 aliphatic heterocycles. The van der Waals surface area contributed by atoms with Crippen molar-refractivity contribution in [3.8, 4) is 0 Å². The molecule has 0 bridgehead atoms. The number of benzene rings is 1. The maximum Gasteiger partial charge on any atom is 0.328 e. The first-order chi connectivity index (χ1) is 13.0. The van der Waals surface area contributed by atoms with Gasteiger partial charge in [0.15, 0.2) is 5.17 Å². The highest BCUT2D eigenvalue weighted by molar-refractivity contribution is 8.17. The molecule has 6 nitrogen and oxygen atoms in total. The summed E-state index contributed by atoms with van der Waals surface area (Å²) in [4.78, 5) is 27.6. The van der Waals surface area contributed by atoms with Crippen LogP contribution in [0.1, 0.15) is 18.9 Å². The number of carbonyl (C=O) groups is 2. The van der Waals surface area contributed by atoms with Gasteiger partial charge in [0.25, 0.3) is 0 Å². The van der Waals surface area contributed by atoms with Gasteiger partial charge in [-0.3, -0.25) is 4.99 Å². The van der Waals surface area contributed by atoms with Crippen LogP contribution >= 0.6 is 23.1 Å². The SMILES string of the molecule is CCC1=C(c2cccc3sccc23)N2CCN=C2S1.O=C(O)/C=C/C(=O)O. The van der Waals surface area contributed by atoms with Crippen molar-refractivity contribution in [2.24, 2.45) is 4.99 Å². The topological polar surface area (TPSA) is 90.2 Å². The Bertz CT molecular complexity index is 959. The Balaban J connectivity index is 0.000000226. The maximum absolute atomic E-state index is 9.55. The van der Waals surface area contributed by atoms with Crippen molar-refractivity contribution in [3.63, 3.8) is 0 Å². The summed E-state index contributed by atoms with van der Waals surface area (Å²) >= 11 is 3.67. The molecule has 3 heterocycles. The van der Waals surface area contributed by atoms with Crippen molar-refractivity contribution >= 4 is 56.0 Å². The Kier molecular flexibility index (Phi) is 5.98. The first-order valence-corrected chi connectivity index (χ1v) is 10.0. The van der Waals surface area contributed by atoms with E-state index in [1.165, 1.54) is 31.4 Å². The fraction of sp³-hybridized carbons (Fsp3) is 0.211. The van der Waals surface area contributed by atoms with Crippen molar-refractivity contribution in [2.75, 3.05) is 13.1 Å². The fourth-order valence-electron chi connectivity index (χ4n) is 2.91. The monoisotopic (exact) mass is 402 g/mol. The smallest absolute Gasteiger partial charge is 0.328 e. The van der Waals surface area contributed by atoms with Gasteiger partial charge < -0.3 is 15.1 Å². The lowest BCUT2D eigenvalue weighted by molar-refractivity contribution is -0.134. The van der Waals surface area contributed by atoms with E-state index in [0.717, 1.165) is 19.5 Å². The Morgan fingerprint density at radius 3 is 2.63 bits per heavy atom. The number of thiophene rings is 1. The van der Waals surface area contributed by atoms with Crippen LogP contribution < -0.4 is 0 Å². The van der Waals surface area contributed by atoms with Crippen LogP contribution in [0.4, 0.5) is 0 Å². The Morgan fingerprint density at radius 2 is 1.96 bits per heavy atom. The Hall–Kier alpha value is -2.58. The number of carboxylic acids is 2. The molecule has 140 valence electrons. The molecular weight excluding hydrogens is 384 g/mol. The van der Waals surface area contributed by atoms with Crippen molar-refractivity contribution in [2.45, 2.75) is 13.3 Å². The third-order valence-electron chi connectivity index (χ3n) is 3.99. The van der Waals surface area contributed by atoms with Gasteiger partial charge in [0, 0.05) is 39.3 Å². The largest absolute Gasteiger partial charge is 0.478 e. The molecule has 8 heteroatoms. The van der Waals surface area contributed by atoms with Gasteiger partial charge in [0.1, 0.15) is 0 Å². The summed E-state index contributed by atoms with van der Waals surface area (Å²) in [5.41, 5.74) is 2.77. The summed E-state index contributed by atoms with van der Waals surface area (Å²) in [7, 11) is 0. The minimum Gasteiger partial charge on any atom is -0.478 e. The van der Waals surface area contributed by atoms with Gasteiger partial charge in [0.05, 0.1) is 12.2 Å². The van der Waals surface area contributed by atoms with E-state index in [-0.39, 0.29) is 0 Å². The highest BCUT2D eigenvalue weighted by Gasteiger charge is 2.32. The normalized spacial score (nSPS) is 15.7. The molecule has 1 aromatic carbocycles. The number of aliphatic imine (C=N–C) groups is 1. The fourth-order valence-corrected chi connectivity index (χ4v) is 4.85. The number of allylic oxidation sites excluding steroid dienone is 1. The van der Waals surface area contributed by atoms with Crippen LogP contribution in [0.2, 0.25) is 0 Å². The second-order valence-electron chi connectivity index (χ2n) is 5.69. The van der Waals surface area contributed by atoms with Crippen molar-refractivity contribution in [1.82, 2.24) is 4.90 Å². The average molecular weight is 402 g/mol. The van der Waals surface area contributed by atoms with Crippen molar-refractivity contribution < 1.29 is 19.8 Å². The van der Waals surface area contributed by atoms with Crippen LogP contribution in [0, 0.1) is 0 Å². The summed E-state index contributed by atoms with van der Waals surface area (Å²) in [5, 5.41) is 20.4. The summed E-state index contributed by atoms with van der Waals surface area (Å²) in [6, 6.07) is 8.87. The number of hydrogen-bond acceptors (Lipinski definition) is 6. The first-order valence-electron chi connectivity index (χ1n) is 8.34. The lowest BCUT2D eigenvalue weighted by Gasteiger charge is -2.18. The third-order valence-corrected chi connectivity index (χ3v) is 6.13. The molecule has 0 spiro atoms. The number of hydrogen-bond donors (Lipinski definition) is 2. The molecule has 2 aliphatic rings. The molecule has 0 atom stereocenters. The van der Waals surface area contributed by atoms with Crippen LogP contribution in [0.25, 0.3) is 15.8 Å². The van der Waals surface area contributed by atoms with E-state index in [0.29, 0.717) is 12.2 Å². The molecule has 2 aromatic rings. The van der Waals surface area contributed by atoms with Crippen LogP contribution in [-0.2, 0) is 9.59 Å². The van der Waals surface area contributed by atoms with Gasteiger partial charge in [-0.05, 0) is 23.9 Å². The minimum atomic E-state index is -1.26. The number of thioether (sulfide) groups is 1. The van der Waals surface area contributed by atoms with Gasteiger partial charge in [0.2, 0.25) is 0 Å². The molecule has 0 saturated carbocycles. The summed E-state index contributed by atoms with van der Waals surface area (Å²) in [6.07, 6.45) is 2.20. The van der Waals surface area contributed by atoms with Gasteiger partial charge in [-0.2, -0.15) is 0 Å². The zero-order chi connectivity index (χ0) is 19.4. The predicted molar refractivity (Wildman–Crippen MR) is 110 cm³/mol. The van der Waals surface area contributed by atoms with Crippen molar-refractivity contribution in [3.05, 3.63) is 52.3 Å². The second-order valence-corrected chi connectivity index (χ2v) is 7.70. The van der Waals surface area contributed by atoms with E-state index >= 15 is 0 Å². The standard InChI is InChI=1S/C15H14N2S2.C4H4O4/c1-2-12-14(17-8-7-16-15(17)19-12)11-4-3-5-13-10(11)6-9-18-13;5-3(6)1-2-4(7)8/h3-6,9H,2,7-8H2,1H3;1-2H,(H,5,6)(H,7,8)/b;2-1+. The molecule has 1 aromatic heterocycles. The van der Waals surface area contributed by atoms with E-state index in [1.807, 2.05) is 23.1 Å². The summed E-state index contributed by atoms with van der Waals surface area (Å²) in [6.45, 7) is 4.20. The number of carboxylic acid groups (broad SMARTS) is 2. The molecule has 0 saturated heterocycles. The van der Waals surface area contributed by atoms with Crippen LogP contribution in [0.3, 0.4) is 0 Å². The number of rotatable bonds is 4. The maximum atomic E-state index is 9.55. The lowest BCUT2D eigenvalue weighted by Crippen LogP contribution is -2.20. The van der Waals surface area contributed by atoms with E-state index in [1.54, 1.807) is 0 Å². The van der Waals surface area contributed by atoms with Crippen molar-refractivity contribution in [1.29, 1.82) is 0 Å². The molecule has 0 amide bonds. The molecular formula is C19H18N2O4S2. The molecule has 27 heavy (non-hydrogen) atoms. The summed E-state index contributed by atoms with van der Waals surface area (Å²) < 4.78 is 1.37. The molecule has 0 fully saturated rings. The summed E-state index contributed by atoms with van der Waals surface area (Å²) in [5.74, 6) is -2.51. The van der Waals surface area contributed by atoms with Crippen LogP contribution in [0.5, 0.6) is 0 Å². The Labute approximate surface area is 164 Å². The quantitative estimate of drug-likeness (QED) is 0.748.